The van der Waals surface area contributed by atoms with Crippen molar-refractivity contribution in [3.05, 3.63) is 40.9 Å². The number of hydrogen-bond donors (Lipinski definition) is 2. The maximum atomic E-state index is 13.8. The summed E-state index contributed by atoms with van der Waals surface area (Å²) in [7, 11) is -4.09. The first kappa shape index (κ1) is 17.4. The Morgan fingerprint density at radius 1 is 1.26 bits per heavy atom. The lowest BCUT2D eigenvalue weighted by Crippen LogP contribution is -2.13. The topological polar surface area (TPSA) is 98.0 Å². The van der Waals surface area contributed by atoms with Crippen molar-refractivity contribution in [2.75, 3.05) is 5.32 Å². The Morgan fingerprint density at radius 3 is 2.39 bits per heavy atom. The molecule has 1 heterocycles. The summed E-state index contributed by atoms with van der Waals surface area (Å²) in [4.78, 5) is 6.27. The number of aromatic nitrogens is 2. The number of rotatable bonds is 3. The van der Waals surface area contributed by atoms with Gasteiger partial charge in [0.25, 0.3) is 0 Å². The van der Waals surface area contributed by atoms with Gasteiger partial charge in [0.15, 0.2) is 0 Å². The van der Waals surface area contributed by atoms with Crippen LogP contribution < -0.4 is 10.5 Å². The van der Waals surface area contributed by atoms with Gasteiger partial charge in [-0.15, -0.1) is 0 Å². The van der Waals surface area contributed by atoms with E-state index < -0.39 is 43.6 Å². The number of hydrogen-bond acceptors (Lipinski definition) is 5. The molecule has 0 fully saturated rings. The number of sulfonamides is 1. The summed E-state index contributed by atoms with van der Waals surface area (Å²) in [5.41, 5.74) is -1.51. The van der Waals surface area contributed by atoms with Crippen LogP contribution in [0.5, 0.6) is 0 Å². The van der Waals surface area contributed by atoms with Gasteiger partial charge in [-0.2, -0.15) is 13.2 Å². The monoisotopic (exact) mass is 370 g/mol. The van der Waals surface area contributed by atoms with Gasteiger partial charge in [0.1, 0.15) is 16.5 Å². The van der Waals surface area contributed by atoms with Crippen LogP contribution in [0.2, 0.25) is 5.15 Å². The Labute approximate surface area is 132 Å². The lowest BCUT2D eigenvalue weighted by atomic mass is 10.3. The van der Waals surface area contributed by atoms with Crippen LogP contribution in [0.15, 0.2) is 29.3 Å². The van der Waals surface area contributed by atoms with E-state index in [-0.39, 0.29) is 5.69 Å². The number of nitrogens with zero attached hydrogens (tertiary/aromatic N) is 2. The minimum Gasteiger partial charge on any atom is -0.322 e. The minimum atomic E-state index is -4.72. The van der Waals surface area contributed by atoms with Gasteiger partial charge in [0.2, 0.25) is 16.0 Å². The van der Waals surface area contributed by atoms with Crippen LogP contribution >= 0.6 is 11.6 Å². The van der Waals surface area contributed by atoms with Crippen LogP contribution in [0, 0.1) is 5.82 Å². The molecule has 0 bridgehead atoms. The molecular weight excluding hydrogens is 364 g/mol. The smallest absolute Gasteiger partial charge is 0.322 e. The van der Waals surface area contributed by atoms with Gasteiger partial charge in [-0.3, -0.25) is 0 Å². The second-order valence-electron chi connectivity index (χ2n) is 4.21. The highest BCUT2D eigenvalue weighted by atomic mass is 35.5. The SMILES string of the molecule is NS(=O)(=O)c1ccc(Nc2ncc(C(F)(F)F)c(Cl)n2)c(F)c1. The summed E-state index contributed by atoms with van der Waals surface area (Å²) < 4.78 is 73.5. The highest BCUT2D eigenvalue weighted by Gasteiger charge is 2.34. The Morgan fingerprint density at radius 2 is 1.91 bits per heavy atom. The van der Waals surface area contributed by atoms with Crippen LogP contribution in [0.25, 0.3) is 0 Å². The van der Waals surface area contributed by atoms with Crippen LogP contribution in [-0.2, 0) is 16.2 Å². The zero-order valence-electron chi connectivity index (χ0n) is 10.9. The summed E-state index contributed by atoms with van der Waals surface area (Å²) in [5.74, 6) is -1.42. The molecule has 0 unspecified atom stereocenters. The molecule has 3 N–H and O–H groups in total. The van der Waals surface area contributed by atoms with Crippen molar-refractivity contribution in [1.29, 1.82) is 0 Å². The summed E-state index contributed by atoms with van der Waals surface area (Å²) in [6.45, 7) is 0. The molecule has 0 radical (unpaired) electrons. The van der Waals surface area contributed by atoms with Crippen LogP contribution in [0.1, 0.15) is 5.56 Å². The Kier molecular flexibility index (Phi) is 4.46. The van der Waals surface area contributed by atoms with E-state index in [1.54, 1.807) is 0 Å². The molecular formula is C11H7ClF4N4O2S. The van der Waals surface area contributed by atoms with E-state index in [9.17, 15) is 26.0 Å². The number of nitrogens with two attached hydrogens (primary N) is 1. The zero-order valence-corrected chi connectivity index (χ0v) is 12.5. The first-order chi connectivity index (χ1) is 10.5. The number of anilines is 2. The fourth-order valence-corrected chi connectivity index (χ4v) is 2.27. The molecule has 0 aliphatic rings. The van der Waals surface area contributed by atoms with Crippen LogP contribution in [0.4, 0.5) is 29.2 Å². The van der Waals surface area contributed by atoms with E-state index in [2.05, 4.69) is 15.3 Å². The van der Waals surface area contributed by atoms with Gasteiger partial charge in [-0.05, 0) is 18.2 Å². The van der Waals surface area contributed by atoms with Gasteiger partial charge in [0.05, 0.1) is 10.6 Å². The molecule has 0 saturated heterocycles. The second-order valence-corrected chi connectivity index (χ2v) is 6.13. The van der Waals surface area contributed by atoms with E-state index in [0.717, 1.165) is 12.1 Å². The van der Waals surface area contributed by atoms with Crippen molar-refractivity contribution in [3.63, 3.8) is 0 Å². The van der Waals surface area contributed by atoms with Crippen LogP contribution in [-0.4, -0.2) is 18.4 Å². The number of halogens is 5. The quantitative estimate of drug-likeness (QED) is 0.639. The molecule has 0 spiro atoms. The van der Waals surface area contributed by atoms with Crippen molar-refractivity contribution in [1.82, 2.24) is 9.97 Å². The summed E-state index contributed by atoms with van der Waals surface area (Å²) in [6.07, 6.45) is -4.29. The van der Waals surface area contributed by atoms with Gasteiger partial charge < -0.3 is 5.32 Å². The van der Waals surface area contributed by atoms with E-state index >= 15 is 0 Å². The van der Waals surface area contributed by atoms with Crippen molar-refractivity contribution in [3.8, 4) is 0 Å². The molecule has 12 heteroatoms. The third-order valence-corrected chi connectivity index (χ3v) is 3.76. The van der Waals surface area contributed by atoms with Crippen molar-refractivity contribution < 1.29 is 26.0 Å². The summed E-state index contributed by atoms with van der Waals surface area (Å²) >= 11 is 5.40. The third kappa shape index (κ3) is 4.06. The normalized spacial score (nSPS) is 12.3. The average molecular weight is 371 g/mol. The summed E-state index contributed by atoms with van der Waals surface area (Å²) in [5, 5.41) is 6.26. The molecule has 0 aliphatic heterocycles. The van der Waals surface area contributed by atoms with Gasteiger partial charge >= 0.3 is 6.18 Å². The number of alkyl halides is 3. The molecule has 2 aromatic rings. The van der Waals surface area contributed by atoms with Crippen LogP contribution in [0.3, 0.4) is 0 Å². The lowest BCUT2D eigenvalue weighted by molar-refractivity contribution is -0.137. The molecule has 0 atom stereocenters. The third-order valence-electron chi connectivity index (χ3n) is 2.56. The highest BCUT2D eigenvalue weighted by molar-refractivity contribution is 7.89. The fraction of sp³-hybridized carbons (Fsp3) is 0.0909. The molecule has 124 valence electrons. The minimum absolute atomic E-state index is 0.270. The van der Waals surface area contributed by atoms with Crippen molar-refractivity contribution in [2.45, 2.75) is 11.1 Å². The van der Waals surface area contributed by atoms with Gasteiger partial charge in [-0.1, -0.05) is 11.6 Å². The number of benzene rings is 1. The van der Waals surface area contributed by atoms with E-state index in [0.29, 0.717) is 12.3 Å². The van der Waals surface area contributed by atoms with E-state index in [4.69, 9.17) is 16.7 Å². The zero-order chi connectivity index (χ0) is 17.4. The van der Waals surface area contributed by atoms with Crippen molar-refractivity contribution in [2.24, 2.45) is 5.14 Å². The maximum absolute atomic E-state index is 13.8. The molecule has 0 amide bonds. The second kappa shape index (κ2) is 5.91. The van der Waals surface area contributed by atoms with E-state index in [1.165, 1.54) is 0 Å². The number of primary sulfonamides is 1. The van der Waals surface area contributed by atoms with Gasteiger partial charge in [-0.25, -0.2) is 27.9 Å². The molecule has 0 aliphatic carbocycles. The van der Waals surface area contributed by atoms with E-state index in [1.807, 2.05) is 0 Å². The number of nitrogens with one attached hydrogen (secondary N) is 1. The molecule has 6 nitrogen and oxygen atoms in total. The van der Waals surface area contributed by atoms with Crippen molar-refractivity contribution >= 4 is 33.3 Å². The lowest BCUT2D eigenvalue weighted by Gasteiger charge is -2.10. The standard InChI is InChI=1S/C11H7ClF4N4O2S/c12-9-6(11(14,15)16)4-18-10(20-9)19-8-2-1-5(3-7(8)13)23(17,21)22/h1-4H,(H2,17,21,22)(H,18,19,20). The highest BCUT2D eigenvalue weighted by Crippen LogP contribution is 2.33. The Bertz CT molecular complexity index is 858. The molecule has 23 heavy (non-hydrogen) atoms. The first-order valence-electron chi connectivity index (χ1n) is 5.67. The largest absolute Gasteiger partial charge is 0.420 e. The average Bonchev–Trinajstić information content (AvgIpc) is 2.38. The maximum Gasteiger partial charge on any atom is 0.420 e. The molecule has 1 aromatic heterocycles. The van der Waals surface area contributed by atoms with Gasteiger partial charge in [0, 0.05) is 6.20 Å². The Balaban J connectivity index is 2.32. The molecule has 1 aromatic carbocycles. The predicted molar refractivity (Wildman–Crippen MR) is 73.1 cm³/mol. The Hall–Kier alpha value is -1.98. The summed E-state index contributed by atoms with van der Waals surface area (Å²) in [6, 6.07) is 2.67. The molecule has 0 saturated carbocycles. The first-order valence-corrected chi connectivity index (χ1v) is 7.60. The fourth-order valence-electron chi connectivity index (χ4n) is 1.51. The predicted octanol–water partition coefficient (Wildman–Crippen LogP) is 2.68. The molecule has 2 rings (SSSR count).